The number of halogens is 1. The van der Waals surface area contributed by atoms with Crippen LogP contribution in [0.5, 0.6) is 0 Å². The number of carbonyl (C=O) groups is 2. The lowest BCUT2D eigenvalue weighted by Gasteiger charge is -2.14. The number of aliphatic imine (C=N–C) groups is 1. The average Bonchev–Trinajstić information content (AvgIpc) is 3.14. The van der Waals surface area contributed by atoms with E-state index >= 15 is 0 Å². The van der Waals surface area contributed by atoms with Crippen molar-refractivity contribution in [2.75, 3.05) is 19.6 Å². The summed E-state index contributed by atoms with van der Waals surface area (Å²) in [6.07, 6.45) is -0.686. The van der Waals surface area contributed by atoms with E-state index < -0.39 is 12.0 Å². The van der Waals surface area contributed by atoms with Gasteiger partial charge in [0.05, 0.1) is 17.4 Å². The quantitative estimate of drug-likeness (QED) is 0.299. The fourth-order valence-electron chi connectivity index (χ4n) is 2.34. The summed E-state index contributed by atoms with van der Waals surface area (Å²) >= 11 is 7.24. The molecule has 0 radical (unpaired) electrons. The van der Waals surface area contributed by atoms with Gasteiger partial charge < -0.3 is 26.8 Å². The Kier molecular flexibility index (Phi) is 8.91. The highest BCUT2D eigenvalue weighted by Crippen LogP contribution is 2.26. The second-order valence-electron chi connectivity index (χ2n) is 6.08. The molecule has 29 heavy (non-hydrogen) atoms. The van der Waals surface area contributed by atoms with E-state index in [4.69, 9.17) is 17.3 Å². The van der Waals surface area contributed by atoms with Crippen LogP contribution in [0, 0.1) is 0 Å². The summed E-state index contributed by atoms with van der Waals surface area (Å²) in [6, 6.07) is 10.4. The lowest BCUT2D eigenvalue weighted by molar-refractivity contribution is -0.117. The third-order valence-corrected chi connectivity index (χ3v) is 5.12. The number of nitrogens with two attached hydrogens (primary N) is 1. The van der Waals surface area contributed by atoms with Gasteiger partial charge in [-0.05, 0) is 36.8 Å². The summed E-state index contributed by atoms with van der Waals surface area (Å²) in [5.41, 5.74) is 6.35. The maximum absolute atomic E-state index is 11.9. The Morgan fingerprint density at radius 2 is 1.90 bits per heavy atom. The minimum Gasteiger partial charge on any atom is -0.386 e. The topological polar surface area (TPSA) is 129 Å². The van der Waals surface area contributed by atoms with Gasteiger partial charge >= 0.3 is 0 Å². The number of aliphatic hydroxyl groups is 1. The first-order valence-corrected chi connectivity index (χ1v) is 10.2. The molecule has 2 aromatic rings. The molecule has 0 aliphatic heterocycles. The fourth-order valence-corrected chi connectivity index (χ4v) is 3.39. The van der Waals surface area contributed by atoms with Crippen LogP contribution in [-0.4, -0.2) is 42.5 Å². The molecule has 6 N–H and O–H groups in total. The van der Waals surface area contributed by atoms with Gasteiger partial charge in [0.15, 0.2) is 5.96 Å². The van der Waals surface area contributed by atoms with Crippen molar-refractivity contribution in [1.82, 2.24) is 16.0 Å². The van der Waals surface area contributed by atoms with Crippen LogP contribution < -0.4 is 21.7 Å². The van der Waals surface area contributed by atoms with Gasteiger partial charge in [-0.25, -0.2) is 4.99 Å². The number of hydrogen-bond donors (Lipinski definition) is 5. The molecule has 2 amide bonds. The number of benzene rings is 1. The first-order chi connectivity index (χ1) is 13.9. The van der Waals surface area contributed by atoms with E-state index in [1.165, 1.54) is 11.3 Å². The van der Waals surface area contributed by atoms with Crippen LogP contribution in [-0.2, 0) is 11.3 Å². The Morgan fingerprint density at radius 3 is 2.48 bits per heavy atom. The molecule has 0 saturated heterocycles. The SMILES string of the molecule is CCNC(=NCc1ccc(C(=O)NCC(N)=O)cc1)NCC(O)c1ccc(Cl)s1. The van der Waals surface area contributed by atoms with Crippen LogP contribution in [0.1, 0.15) is 33.8 Å². The van der Waals surface area contributed by atoms with E-state index in [9.17, 15) is 14.7 Å². The van der Waals surface area contributed by atoms with Crippen molar-refractivity contribution >= 4 is 40.7 Å². The minimum atomic E-state index is -0.686. The normalized spacial score (nSPS) is 12.3. The summed E-state index contributed by atoms with van der Waals surface area (Å²) in [7, 11) is 0. The van der Waals surface area contributed by atoms with Gasteiger partial charge in [0.25, 0.3) is 5.91 Å². The Bertz CT molecular complexity index is 854. The first kappa shape index (κ1) is 22.7. The molecule has 0 bridgehead atoms. The summed E-state index contributed by atoms with van der Waals surface area (Å²) in [6.45, 7) is 3.10. The summed E-state index contributed by atoms with van der Waals surface area (Å²) in [5.74, 6) is -0.394. The standard InChI is InChI=1S/C19H24ClN5O3S/c1-2-22-19(25-10-14(26)15-7-8-16(20)29-15)24-9-12-3-5-13(6-4-12)18(28)23-11-17(21)27/h3-8,14,26H,2,9-11H2,1H3,(H2,21,27)(H,23,28)(H2,22,24,25). The zero-order valence-corrected chi connectivity index (χ0v) is 17.5. The number of guanidine groups is 1. The summed E-state index contributed by atoms with van der Waals surface area (Å²) in [5, 5.41) is 18.9. The molecule has 8 nitrogen and oxygen atoms in total. The summed E-state index contributed by atoms with van der Waals surface area (Å²) in [4.78, 5) is 27.9. The number of thiophene rings is 1. The smallest absolute Gasteiger partial charge is 0.251 e. The van der Waals surface area contributed by atoms with Gasteiger partial charge in [-0.15, -0.1) is 11.3 Å². The molecule has 0 aliphatic carbocycles. The zero-order valence-electron chi connectivity index (χ0n) is 15.9. The van der Waals surface area contributed by atoms with Crippen LogP contribution in [0.2, 0.25) is 4.34 Å². The molecule has 1 aromatic heterocycles. The third kappa shape index (κ3) is 7.72. The molecule has 1 unspecified atom stereocenters. The monoisotopic (exact) mass is 437 g/mol. The molecule has 0 saturated carbocycles. The molecule has 0 aliphatic rings. The van der Waals surface area contributed by atoms with E-state index in [0.29, 0.717) is 35.5 Å². The van der Waals surface area contributed by atoms with Gasteiger partial charge in [0, 0.05) is 23.5 Å². The maximum atomic E-state index is 11.9. The van der Waals surface area contributed by atoms with Gasteiger partial charge in [-0.1, -0.05) is 23.7 Å². The zero-order chi connectivity index (χ0) is 21.2. The Labute approximate surface area is 178 Å². The molecule has 1 aromatic carbocycles. The largest absolute Gasteiger partial charge is 0.386 e. The van der Waals surface area contributed by atoms with Crippen molar-refractivity contribution in [3.05, 3.63) is 56.7 Å². The molecular formula is C19H24ClN5O3S. The number of nitrogens with zero attached hydrogens (tertiary/aromatic N) is 1. The van der Waals surface area contributed by atoms with Gasteiger partial charge in [0.1, 0.15) is 6.10 Å². The second-order valence-corrected chi connectivity index (χ2v) is 7.83. The van der Waals surface area contributed by atoms with Crippen LogP contribution in [0.3, 0.4) is 0 Å². The first-order valence-electron chi connectivity index (χ1n) is 9.00. The van der Waals surface area contributed by atoms with Crippen LogP contribution >= 0.6 is 22.9 Å². The number of rotatable bonds is 9. The Hall–Kier alpha value is -2.62. The molecule has 10 heteroatoms. The van der Waals surface area contributed by atoms with Crippen molar-refractivity contribution in [2.24, 2.45) is 10.7 Å². The molecule has 1 atom stereocenters. The molecule has 0 fully saturated rings. The van der Waals surface area contributed by atoms with Crippen LogP contribution in [0.15, 0.2) is 41.4 Å². The Balaban J connectivity index is 1.91. The number of nitrogens with one attached hydrogen (secondary N) is 3. The van der Waals surface area contributed by atoms with Crippen molar-refractivity contribution < 1.29 is 14.7 Å². The van der Waals surface area contributed by atoms with Gasteiger partial charge in [0.2, 0.25) is 5.91 Å². The van der Waals surface area contributed by atoms with E-state index in [1.54, 1.807) is 36.4 Å². The highest BCUT2D eigenvalue weighted by molar-refractivity contribution is 7.16. The predicted octanol–water partition coefficient (Wildman–Crippen LogP) is 1.41. The number of carbonyl (C=O) groups excluding carboxylic acids is 2. The fraction of sp³-hybridized carbons (Fsp3) is 0.316. The van der Waals surface area contributed by atoms with Crippen molar-refractivity contribution in [1.29, 1.82) is 0 Å². The lowest BCUT2D eigenvalue weighted by atomic mass is 10.1. The van der Waals surface area contributed by atoms with Crippen LogP contribution in [0.25, 0.3) is 0 Å². The van der Waals surface area contributed by atoms with Crippen molar-refractivity contribution in [3.63, 3.8) is 0 Å². The number of hydrogen-bond acceptors (Lipinski definition) is 5. The second kappa shape index (κ2) is 11.4. The average molecular weight is 438 g/mol. The lowest BCUT2D eigenvalue weighted by Crippen LogP contribution is -2.39. The molecule has 156 valence electrons. The van der Waals surface area contributed by atoms with Crippen LogP contribution in [0.4, 0.5) is 0 Å². The Morgan fingerprint density at radius 1 is 1.17 bits per heavy atom. The van der Waals surface area contributed by atoms with Crippen molar-refractivity contribution in [2.45, 2.75) is 19.6 Å². The predicted molar refractivity (Wildman–Crippen MR) is 115 cm³/mol. The number of amides is 2. The highest BCUT2D eigenvalue weighted by atomic mass is 35.5. The van der Waals surface area contributed by atoms with E-state index in [2.05, 4.69) is 20.9 Å². The highest BCUT2D eigenvalue weighted by Gasteiger charge is 2.11. The van der Waals surface area contributed by atoms with E-state index in [0.717, 1.165) is 10.4 Å². The third-order valence-electron chi connectivity index (χ3n) is 3.79. The van der Waals surface area contributed by atoms with Gasteiger partial charge in [-0.3, -0.25) is 9.59 Å². The number of primary amides is 1. The van der Waals surface area contributed by atoms with E-state index in [1.807, 2.05) is 6.92 Å². The molecule has 2 rings (SSSR count). The van der Waals surface area contributed by atoms with Crippen molar-refractivity contribution in [3.8, 4) is 0 Å². The maximum Gasteiger partial charge on any atom is 0.251 e. The van der Waals surface area contributed by atoms with Gasteiger partial charge in [-0.2, -0.15) is 0 Å². The molecule has 1 heterocycles. The molecule has 0 spiro atoms. The minimum absolute atomic E-state index is 0.202. The summed E-state index contributed by atoms with van der Waals surface area (Å²) < 4.78 is 0.631. The number of aliphatic hydroxyl groups excluding tert-OH is 1. The van der Waals surface area contributed by atoms with E-state index in [-0.39, 0.29) is 12.5 Å². The molecular weight excluding hydrogens is 414 g/mol.